The Hall–Kier alpha value is -1.88. The van der Waals surface area contributed by atoms with Crippen molar-refractivity contribution in [2.45, 2.75) is 267 Å². The van der Waals surface area contributed by atoms with E-state index in [1.165, 1.54) is 5.57 Å². The number of cyclic esters (lactones) is 1. The Bertz CT molecular complexity index is 2050. The zero-order chi connectivity index (χ0) is 59.0. The van der Waals surface area contributed by atoms with Gasteiger partial charge in [0.05, 0.1) is 50.2 Å². The molecule has 438 valence electrons. The Kier molecular flexibility index (Phi) is 25.6. The molecule has 13 atom stereocenters. The van der Waals surface area contributed by atoms with Gasteiger partial charge in [-0.2, -0.15) is 0 Å². The number of esters is 1. The Morgan fingerprint density at radius 2 is 1.13 bits per heavy atom. The van der Waals surface area contributed by atoms with E-state index in [2.05, 4.69) is 227 Å². The second-order valence-electron chi connectivity index (χ2n) is 29.6. The van der Waals surface area contributed by atoms with Gasteiger partial charge in [-0.05, 0) is 128 Å². The fourth-order valence-corrected chi connectivity index (χ4v) is 15.1. The summed E-state index contributed by atoms with van der Waals surface area (Å²) in [5.74, 6) is 0.900. The highest BCUT2D eigenvalue weighted by atomic mass is 28.4. The molecule has 0 aromatic heterocycles. The Balaban J connectivity index is 2.69. The van der Waals surface area contributed by atoms with Crippen LogP contribution in [0, 0.1) is 41.4 Å². The minimum Gasteiger partial charge on any atom is -0.497 e. The van der Waals surface area contributed by atoms with Gasteiger partial charge in [-0.15, -0.1) is 0 Å². The number of methoxy groups -OCH3 is 1. The van der Waals surface area contributed by atoms with Crippen molar-refractivity contribution in [2.75, 3.05) is 7.11 Å². The lowest BCUT2D eigenvalue weighted by molar-refractivity contribution is -0.177. The lowest BCUT2D eigenvalue weighted by atomic mass is 9.81. The summed E-state index contributed by atoms with van der Waals surface area (Å²) < 4.78 is 48.2. The maximum atomic E-state index is 13.7. The molecule has 1 saturated heterocycles. The largest absolute Gasteiger partial charge is 0.497 e. The Morgan fingerprint density at radius 1 is 0.658 bits per heavy atom. The number of ether oxygens (including phenoxy) is 3. The molecule has 12 heteroatoms. The monoisotopic (exact) mass is 1130 g/mol. The molecule has 2 rings (SSSR count). The number of hydrogen-bond acceptors (Lipinski definition) is 8. The van der Waals surface area contributed by atoms with Crippen molar-refractivity contribution in [3.05, 3.63) is 78.4 Å². The molecule has 0 unspecified atom stereocenters. The highest BCUT2D eigenvalue weighted by Gasteiger charge is 2.50. The van der Waals surface area contributed by atoms with E-state index in [0.29, 0.717) is 13.0 Å². The first kappa shape index (κ1) is 70.2. The average Bonchev–Trinajstić information content (AvgIpc) is 3.27. The lowest BCUT2D eigenvalue weighted by Gasteiger charge is -2.47. The zero-order valence-electron chi connectivity index (χ0n) is 54.4. The van der Waals surface area contributed by atoms with Crippen LogP contribution in [0.4, 0.5) is 0 Å². The van der Waals surface area contributed by atoms with Gasteiger partial charge in [-0.1, -0.05) is 185 Å². The summed E-state index contributed by atoms with van der Waals surface area (Å²) in [6.45, 7) is 68.9. The van der Waals surface area contributed by atoms with E-state index in [4.69, 9.17) is 31.9 Å². The van der Waals surface area contributed by atoms with Gasteiger partial charge in [0.15, 0.2) is 33.3 Å². The zero-order valence-corrected chi connectivity index (χ0v) is 58.4. The van der Waals surface area contributed by atoms with E-state index in [-0.39, 0.29) is 104 Å². The van der Waals surface area contributed by atoms with E-state index in [1.807, 2.05) is 31.2 Å². The van der Waals surface area contributed by atoms with Gasteiger partial charge in [0, 0.05) is 24.2 Å². The third kappa shape index (κ3) is 19.7. The van der Waals surface area contributed by atoms with Crippen LogP contribution in [0.2, 0.25) is 72.5 Å². The van der Waals surface area contributed by atoms with Crippen LogP contribution in [-0.2, 0) is 38.6 Å². The molecule has 0 aliphatic carbocycles. The molecule has 1 aromatic carbocycles. The molecule has 0 radical (unpaired) electrons. The molecule has 1 aliphatic heterocycles. The fraction of sp³-hybridized carbons (Fsp3) is 0.766. The quantitative estimate of drug-likeness (QED) is 0.0373. The highest BCUT2D eigenvalue weighted by molar-refractivity contribution is 6.75. The van der Waals surface area contributed by atoms with Crippen LogP contribution >= 0.6 is 0 Å². The van der Waals surface area contributed by atoms with Crippen molar-refractivity contribution in [3.63, 3.8) is 0 Å². The summed E-state index contributed by atoms with van der Waals surface area (Å²) >= 11 is 0. The number of carbonyl (C=O) groups is 1. The van der Waals surface area contributed by atoms with Crippen molar-refractivity contribution >= 4 is 39.2 Å². The summed E-state index contributed by atoms with van der Waals surface area (Å²) in [6, 6.07) is 8.17. The molecule has 1 aliphatic rings. The molecule has 76 heavy (non-hydrogen) atoms. The standard InChI is InChI=1S/C64H118O8Si4/c1-31-32-33-45(3)57(67-43-52-35-38-53(66-22)39-36-52)50(8)58(71-75(27,28)63(16,17)18)48(6)41-44(2)40-47(5)56(70-74(25,26)62(13,14)15)46(4)34-37-54(69-73(23,24)61(10,11)12)42-55-49(7)59(51(9)60(65)68-55)72-76(29,30)64(19,20)21/h31-40,45-51,54-59H,1,41-43H2,2-30H3/b33-32-,37-34-,44-40-/t45-,46-,47-,48-,49-,50+,51+,54+,55-,56-,57-,58+,59-/m0/s1. The van der Waals surface area contributed by atoms with E-state index in [9.17, 15) is 4.79 Å². The minimum atomic E-state index is -2.27. The van der Waals surface area contributed by atoms with Crippen molar-refractivity contribution in [2.24, 2.45) is 41.4 Å². The first-order valence-electron chi connectivity index (χ1n) is 29.2. The van der Waals surface area contributed by atoms with Crippen molar-refractivity contribution < 1.29 is 36.7 Å². The van der Waals surface area contributed by atoms with Crippen LogP contribution < -0.4 is 4.74 Å². The summed E-state index contributed by atoms with van der Waals surface area (Å²) in [4.78, 5) is 13.7. The molecule has 0 bridgehead atoms. The SMILES string of the molecule is C=C/C=C\[C@H](C)[C@H](OCc1ccc(OC)cc1)[C@@H](C)[C@H](O[Si](C)(C)C(C)(C)C)[C@@H](C)C/C(C)=C\[C@H](C)[C@@H](O[Si](C)(C)C(C)(C)C)[C@@H](C)/C=C\[C@H](C[C@@H]1OC(=O)[C@H](C)[C@@H](O[Si](C)(C)C(C)(C)C)[C@H]1C)O[Si](C)(C)C(C)(C)C. The third-order valence-corrected chi connectivity index (χ3v) is 36.7. The van der Waals surface area contributed by atoms with Crippen LogP contribution in [0.3, 0.4) is 0 Å². The second kappa shape index (κ2) is 27.7. The first-order valence-corrected chi connectivity index (χ1v) is 40.8. The summed E-state index contributed by atoms with van der Waals surface area (Å²) in [6.07, 6.45) is 13.6. The number of allylic oxidation sites excluding steroid dienone is 3. The van der Waals surface area contributed by atoms with Gasteiger partial charge in [-0.3, -0.25) is 4.79 Å². The smallest absolute Gasteiger partial charge is 0.311 e. The van der Waals surface area contributed by atoms with E-state index in [1.54, 1.807) is 7.11 Å². The molecule has 0 N–H and O–H groups in total. The second-order valence-corrected chi connectivity index (χ2v) is 48.6. The molecule has 1 fully saturated rings. The first-order chi connectivity index (χ1) is 34.3. The molecule has 1 aromatic rings. The third-order valence-electron chi connectivity index (χ3n) is 18.8. The van der Waals surface area contributed by atoms with Crippen LogP contribution in [0.15, 0.2) is 72.9 Å². The predicted molar refractivity (Wildman–Crippen MR) is 335 cm³/mol. The molecule has 0 saturated carbocycles. The lowest BCUT2D eigenvalue weighted by Crippen LogP contribution is -2.55. The maximum absolute atomic E-state index is 13.7. The van der Waals surface area contributed by atoms with Gasteiger partial charge >= 0.3 is 5.97 Å². The minimum absolute atomic E-state index is 0.00786. The van der Waals surface area contributed by atoms with Gasteiger partial charge in [-0.25, -0.2) is 0 Å². The fourth-order valence-electron chi connectivity index (χ4n) is 9.46. The highest BCUT2D eigenvalue weighted by Crippen LogP contribution is 2.45. The van der Waals surface area contributed by atoms with Gasteiger partial charge in [0.1, 0.15) is 11.9 Å². The Morgan fingerprint density at radius 3 is 1.61 bits per heavy atom. The van der Waals surface area contributed by atoms with Crippen molar-refractivity contribution in [3.8, 4) is 5.75 Å². The summed E-state index contributed by atoms with van der Waals surface area (Å²) in [7, 11) is -7.23. The number of benzene rings is 1. The van der Waals surface area contributed by atoms with Gasteiger partial charge in [0.2, 0.25) is 0 Å². The van der Waals surface area contributed by atoms with Crippen molar-refractivity contribution in [1.29, 1.82) is 0 Å². The number of rotatable bonds is 27. The van der Waals surface area contributed by atoms with Crippen LogP contribution in [0.1, 0.15) is 157 Å². The number of hydrogen-bond donors (Lipinski definition) is 0. The van der Waals surface area contributed by atoms with Crippen LogP contribution in [0.25, 0.3) is 0 Å². The van der Waals surface area contributed by atoms with E-state index in [0.717, 1.165) is 17.7 Å². The molecule has 1 heterocycles. The molecule has 0 amide bonds. The average molecular weight is 1130 g/mol. The van der Waals surface area contributed by atoms with Crippen molar-refractivity contribution in [1.82, 2.24) is 0 Å². The topological polar surface area (TPSA) is 81.7 Å². The summed E-state index contributed by atoms with van der Waals surface area (Å²) in [5.41, 5.74) is 2.44. The van der Waals surface area contributed by atoms with E-state index >= 15 is 0 Å². The van der Waals surface area contributed by atoms with Gasteiger partial charge < -0.3 is 31.9 Å². The molecule has 8 nitrogen and oxygen atoms in total. The normalized spacial score (nSPS) is 22.9. The van der Waals surface area contributed by atoms with Gasteiger partial charge in [0.25, 0.3) is 0 Å². The maximum Gasteiger partial charge on any atom is 0.311 e. The van der Waals surface area contributed by atoms with Crippen LogP contribution in [0.5, 0.6) is 5.75 Å². The molecular weight excluding hydrogens is 1010 g/mol. The number of carbonyl (C=O) groups excluding carboxylic acids is 1. The van der Waals surface area contributed by atoms with Crippen LogP contribution in [-0.4, -0.2) is 83.0 Å². The summed E-state index contributed by atoms with van der Waals surface area (Å²) in [5, 5.41) is 0.0556. The predicted octanol–water partition coefficient (Wildman–Crippen LogP) is 18.5. The Labute approximate surface area is 473 Å². The van der Waals surface area contributed by atoms with E-state index < -0.39 is 33.3 Å². The molecule has 0 spiro atoms. The molecular formula is C64H118O8Si4.